The van der Waals surface area contributed by atoms with Gasteiger partial charge in [-0.05, 0) is 11.6 Å². The molecule has 0 unspecified atom stereocenters. The lowest BCUT2D eigenvalue weighted by atomic mass is 9.83. The van der Waals surface area contributed by atoms with Crippen molar-refractivity contribution in [2.75, 3.05) is 0 Å². The molecule has 2 aromatic carbocycles. The average Bonchev–Trinajstić information content (AvgIpc) is 2.39. The van der Waals surface area contributed by atoms with Gasteiger partial charge >= 0.3 is 0 Å². The van der Waals surface area contributed by atoms with E-state index in [0.29, 0.717) is 0 Å². The number of rotatable bonds is 0. The highest BCUT2D eigenvalue weighted by Gasteiger charge is 2.26. The number of benzene rings is 2. The summed E-state index contributed by atoms with van der Waals surface area (Å²) in [6, 6.07) is 11.3. The molecule has 1 aliphatic carbocycles. The van der Waals surface area contributed by atoms with Gasteiger partial charge in [-0.3, -0.25) is 10.8 Å². The maximum atomic E-state index is 8.09. The van der Waals surface area contributed by atoms with Crippen molar-refractivity contribution < 1.29 is 0 Å². The standard InChI is InChI=1S/C14H10N2S2/c15-12-8-4-2-1-3-7(8)11-9(13(12)16)5-6-10(17)14(11)18/h1-6,15-18H. The van der Waals surface area contributed by atoms with Crippen LogP contribution in [0.1, 0.15) is 11.1 Å². The Kier molecular flexibility index (Phi) is 2.57. The Bertz CT molecular complexity index is 705. The van der Waals surface area contributed by atoms with Crippen molar-refractivity contribution in [2.45, 2.75) is 9.79 Å². The normalized spacial score (nSPS) is 13.2. The summed E-state index contributed by atoms with van der Waals surface area (Å²) in [7, 11) is 0. The summed E-state index contributed by atoms with van der Waals surface area (Å²) in [5.74, 6) is 0. The summed E-state index contributed by atoms with van der Waals surface area (Å²) >= 11 is 8.88. The van der Waals surface area contributed by atoms with Gasteiger partial charge in [-0.25, -0.2) is 0 Å². The van der Waals surface area contributed by atoms with E-state index in [-0.39, 0.29) is 11.4 Å². The summed E-state index contributed by atoms with van der Waals surface area (Å²) in [5.41, 5.74) is 3.90. The van der Waals surface area contributed by atoms with Crippen LogP contribution in [0.5, 0.6) is 0 Å². The zero-order valence-corrected chi connectivity index (χ0v) is 11.1. The molecule has 0 radical (unpaired) electrons. The van der Waals surface area contributed by atoms with Gasteiger partial charge < -0.3 is 0 Å². The summed E-state index contributed by atoms with van der Waals surface area (Å²) < 4.78 is 0. The monoisotopic (exact) mass is 270 g/mol. The fraction of sp³-hybridized carbons (Fsp3) is 0. The molecule has 4 heteroatoms. The van der Waals surface area contributed by atoms with Crippen molar-refractivity contribution in [1.29, 1.82) is 10.8 Å². The highest BCUT2D eigenvalue weighted by Crippen LogP contribution is 2.39. The van der Waals surface area contributed by atoms with Crippen LogP contribution in [-0.4, -0.2) is 11.4 Å². The Hall–Kier alpha value is -1.52. The molecule has 0 fully saturated rings. The molecule has 3 rings (SSSR count). The number of fused-ring (bicyclic) bond motifs is 3. The molecule has 0 bridgehead atoms. The Morgan fingerprint density at radius 1 is 0.722 bits per heavy atom. The highest BCUT2D eigenvalue weighted by molar-refractivity contribution is 7.83. The average molecular weight is 270 g/mol. The molecule has 2 aromatic rings. The van der Waals surface area contributed by atoms with Crippen molar-refractivity contribution >= 4 is 36.7 Å². The van der Waals surface area contributed by atoms with Crippen LogP contribution in [0, 0.1) is 10.8 Å². The first-order valence-electron chi connectivity index (χ1n) is 5.44. The summed E-state index contributed by atoms with van der Waals surface area (Å²) in [6.45, 7) is 0. The third kappa shape index (κ3) is 1.46. The lowest BCUT2D eigenvalue weighted by Crippen LogP contribution is -2.21. The van der Waals surface area contributed by atoms with Gasteiger partial charge in [0.15, 0.2) is 0 Å². The topological polar surface area (TPSA) is 47.7 Å². The smallest absolute Gasteiger partial charge is 0.0874 e. The van der Waals surface area contributed by atoms with E-state index in [1.54, 1.807) is 0 Å². The van der Waals surface area contributed by atoms with Crippen LogP contribution in [0.3, 0.4) is 0 Å². The second-order valence-corrected chi connectivity index (χ2v) is 5.08. The van der Waals surface area contributed by atoms with E-state index >= 15 is 0 Å². The van der Waals surface area contributed by atoms with E-state index in [0.717, 1.165) is 32.0 Å². The predicted octanol–water partition coefficient (Wildman–Crippen LogP) is 3.68. The molecule has 88 valence electrons. The molecule has 0 heterocycles. The molecular weight excluding hydrogens is 260 g/mol. The largest absolute Gasteiger partial charge is 0.298 e. The lowest BCUT2D eigenvalue weighted by Gasteiger charge is -2.23. The fourth-order valence-corrected chi connectivity index (χ4v) is 2.75. The van der Waals surface area contributed by atoms with Crippen molar-refractivity contribution in [1.82, 2.24) is 0 Å². The van der Waals surface area contributed by atoms with Crippen molar-refractivity contribution in [2.24, 2.45) is 0 Å². The molecule has 0 spiro atoms. The molecule has 2 nitrogen and oxygen atoms in total. The van der Waals surface area contributed by atoms with E-state index in [1.165, 1.54) is 0 Å². The van der Waals surface area contributed by atoms with E-state index in [2.05, 4.69) is 25.3 Å². The van der Waals surface area contributed by atoms with Gasteiger partial charge in [0.1, 0.15) is 0 Å². The van der Waals surface area contributed by atoms with Crippen molar-refractivity contribution in [3.8, 4) is 11.1 Å². The van der Waals surface area contributed by atoms with Crippen LogP contribution in [0.4, 0.5) is 0 Å². The molecule has 2 N–H and O–H groups in total. The predicted molar refractivity (Wildman–Crippen MR) is 80.0 cm³/mol. The molecule has 18 heavy (non-hydrogen) atoms. The first kappa shape index (κ1) is 11.6. The quantitative estimate of drug-likeness (QED) is 0.528. The van der Waals surface area contributed by atoms with Crippen LogP contribution in [-0.2, 0) is 0 Å². The number of hydrogen-bond donors (Lipinski definition) is 4. The van der Waals surface area contributed by atoms with Crippen molar-refractivity contribution in [3.63, 3.8) is 0 Å². The molecule has 0 aromatic heterocycles. The van der Waals surface area contributed by atoms with Crippen LogP contribution in [0.25, 0.3) is 11.1 Å². The van der Waals surface area contributed by atoms with Gasteiger partial charge in [-0.2, -0.15) is 0 Å². The molecule has 1 aliphatic rings. The second-order valence-electron chi connectivity index (χ2n) is 4.15. The van der Waals surface area contributed by atoms with Gasteiger partial charge in [-0.1, -0.05) is 30.3 Å². The third-order valence-electron chi connectivity index (χ3n) is 3.14. The van der Waals surface area contributed by atoms with Gasteiger partial charge in [0.05, 0.1) is 11.4 Å². The number of thiol groups is 2. The Labute approximate surface area is 116 Å². The van der Waals surface area contributed by atoms with E-state index in [4.69, 9.17) is 10.8 Å². The minimum atomic E-state index is 0.243. The van der Waals surface area contributed by atoms with Crippen LogP contribution in [0.2, 0.25) is 0 Å². The minimum absolute atomic E-state index is 0.243. The molecule has 0 saturated carbocycles. The molecular formula is C14H10N2S2. The Balaban J connectivity index is 2.46. The van der Waals surface area contributed by atoms with Gasteiger partial charge in [0.25, 0.3) is 0 Å². The lowest BCUT2D eigenvalue weighted by molar-refractivity contribution is 1.25. The first-order valence-corrected chi connectivity index (χ1v) is 6.33. The van der Waals surface area contributed by atoms with Crippen molar-refractivity contribution in [3.05, 3.63) is 47.5 Å². The Morgan fingerprint density at radius 2 is 1.33 bits per heavy atom. The molecule has 0 aliphatic heterocycles. The van der Waals surface area contributed by atoms with Crippen LogP contribution in [0.15, 0.2) is 46.2 Å². The van der Waals surface area contributed by atoms with Crippen LogP contribution < -0.4 is 0 Å². The first-order chi connectivity index (χ1) is 8.61. The maximum Gasteiger partial charge on any atom is 0.0874 e. The fourth-order valence-electron chi connectivity index (χ4n) is 2.25. The highest BCUT2D eigenvalue weighted by atomic mass is 32.1. The number of hydrogen-bond acceptors (Lipinski definition) is 4. The second kappa shape index (κ2) is 4.00. The van der Waals surface area contributed by atoms with Gasteiger partial charge in [-0.15, -0.1) is 25.3 Å². The Morgan fingerprint density at radius 3 is 2.06 bits per heavy atom. The summed E-state index contributed by atoms with van der Waals surface area (Å²) in [4.78, 5) is 1.55. The summed E-state index contributed by atoms with van der Waals surface area (Å²) in [5, 5.41) is 16.2. The van der Waals surface area contributed by atoms with E-state index < -0.39 is 0 Å². The maximum absolute atomic E-state index is 8.09. The SMILES string of the molecule is N=C1C(=N)c2ccc(S)c(S)c2-c2ccccc21. The van der Waals surface area contributed by atoms with E-state index in [1.807, 2.05) is 36.4 Å². The number of nitrogens with one attached hydrogen (secondary N) is 2. The third-order valence-corrected chi connectivity index (χ3v) is 4.16. The zero-order chi connectivity index (χ0) is 12.9. The zero-order valence-electron chi connectivity index (χ0n) is 9.36. The molecule has 0 atom stereocenters. The van der Waals surface area contributed by atoms with Gasteiger partial charge in [0, 0.05) is 26.5 Å². The van der Waals surface area contributed by atoms with E-state index in [9.17, 15) is 0 Å². The molecule has 0 amide bonds. The van der Waals surface area contributed by atoms with Crippen LogP contribution >= 0.6 is 25.3 Å². The summed E-state index contributed by atoms with van der Waals surface area (Å²) in [6.07, 6.45) is 0. The molecule has 0 saturated heterocycles. The minimum Gasteiger partial charge on any atom is -0.298 e. The van der Waals surface area contributed by atoms with Gasteiger partial charge in [0.2, 0.25) is 0 Å².